The Hall–Kier alpha value is -1.40. The van der Waals surface area contributed by atoms with Crippen molar-refractivity contribution in [3.63, 3.8) is 0 Å². The Bertz CT molecular complexity index is 524. The number of amides is 3. The number of hydrogen-bond donors (Lipinski definition) is 1. The van der Waals surface area contributed by atoms with Crippen LogP contribution in [0.25, 0.3) is 0 Å². The van der Waals surface area contributed by atoms with Crippen molar-refractivity contribution < 1.29 is 9.59 Å². The van der Waals surface area contributed by atoms with E-state index in [0.717, 1.165) is 6.42 Å². The highest BCUT2D eigenvalue weighted by molar-refractivity contribution is 7.99. The standard InChI is InChI=1S/C15H20ClN3O2S/c1-22-11-14(20)18-7-2-8-19(10-9-18)15(21)17-13-5-3-12(16)4-6-13/h3-6H,2,7-11H2,1H3,(H,17,21). The molecular weight excluding hydrogens is 322 g/mol. The van der Waals surface area contributed by atoms with Gasteiger partial charge in [0.1, 0.15) is 0 Å². The number of carbonyl (C=O) groups excluding carboxylic acids is 2. The van der Waals surface area contributed by atoms with Gasteiger partial charge in [-0.05, 0) is 36.9 Å². The molecular formula is C15H20ClN3O2S. The van der Waals surface area contributed by atoms with Crippen molar-refractivity contribution >= 4 is 41.0 Å². The molecule has 1 fully saturated rings. The number of benzene rings is 1. The van der Waals surface area contributed by atoms with Gasteiger partial charge in [0.2, 0.25) is 5.91 Å². The van der Waals surface area contributed by atoms with Crippen LogP contribution in [0.1, 0.15) is 6.42 Å². The second kappa shape index (κ2) is 8.29. The molecule has 0 unspecified atom stereocenters. The molecule has 0 saturated carbocycles. The van der Waals surface area contributed by atoms with Gasteiger partial charge in [0.25, 0.3) is 0 Å². The third kappa shape index (κ3) is 4.81. The van der Waals surface area contributed by atoms with Crippen LogP contribution in [0.15, 0.2) is 24.3 Å². The largest absolute Gasteiger partial charge is 0.340 e. The van der Waals surface area contributed by atoms with E-state index in [-0.39, 0.29) is 11.9 Å². The number of urea groups is 1. The third-order valence-corrected chi connectivity index (χ3v) is 4.29. The van der Waals surface area contributed by atoms with Crippen LogP contribution >= 0.6 is 23.4 Å². The quantitative estimate of drug-likeness (QED) is 0.919. The Labute approximate surface area is 140 Å². The summed E-state index contributed by atoms with van der Waals surface area (Å²) in [5.74, 6) is 0.643. The van der Waals surface area contributed by atoms with Crippen LogP contribution in [-0.2, 0) is 4.79 Å². The highest BCUT2D eigenvalue weighted by Gasteiger charge is 2.21. The van der Waals surface area contributed by atoms with Gasteiger partial charge in [-0.1, -0.05) is 11.6 Å². The Morgan fingerprint density at radius 2 is 1.77 bits per heavy atom. The Morgan fingerprint density at radius 3 is 2.45 bits per heavy atom. The maximum atomic E-state index is 12.3. The molecule has 0 atom stereocenters. The molecule has 0 aliphatic carbocycles. The maximum absolute atomic E-state index is 12.3. The van der Waals surface area contributed by atoms with E-state index in [1.165, 1.54) is 11.8 Å². The minimum Gasteiger partial charge on any atom is -0.340 e. The summed E-state index contributed by atoms with van der Waals surface area (Å²) in [6.07, 6.45) is 2.72. The summed E-state index contributed by atoms with van der Waals surface area (Å²) in [7, 11) is 0. The predicted octanol–water partition coefficient (Wildman–Crippen LogP) is 2.77. The molecule has 1 heterocycles. The van der Waals surface area contributed by atoms with Crippen LogP contribution < -0.4 is 5.32 Å². The number of nitrogens with one attached hydrogen (secondary N) is 1. The number of halogens is 1. The van der Waals surface area contributed by atoms with Crippen molar-refractivity contribution in [2.45, 2.75) is 6.42 Å². The summed E-state index contributed by atoms with van der Waals surface area (Å²) in [6, 6.07) is 6.88. The van der Waals surface area contributed by atoms with E-state index in [4.69, 9.17) is 11.6 Å². The molecule has 3 amide bonds. The molecule has 2 rings (SSSR count). The third-order valence-electron chi connectivity index (χ3n) is 3.50. The van der Waals surface area contributed by atoms with Crippen molar-refractivity contribution in [1.29, 1.82) is 0 Å². The number of carbonyl (C=O) groups is 2. The van der Waals surface area contributed by atoms with Crippen LogP contribution in [0, 0.1) is 0 Å². The van der Waals surface area contributed by atoms with Gasteiger partial charge in [0.05, 0.1) is 5.75 Å². The fourth-order valence-electron chi connectivity index (χ4n) is 2.32. The lowest BCUT2D eigenvalue weighted by molar-refractivity contribution is -0.128. The minimum atomic E-state index is -0.138. The summed E-state index contributed by atoms with van der Waals surface area (Å²) in [5, 5.41) is 3.49. The topological polar surface area (TPSA) is 52.7 Å². The highest BCUT2D eigenvalue weighted by atomic mass is 35.5. The smallest absolute Gasteiger partial charge is 0.321 e. The van der Waals surface area contributed by atoms with Gasteiger partial charge >= 0.3 is 6.03 Å². The summed E-state index contributed by atoms with van der Waals surface area (Å²) in [4.78, 5) is 27.8. The molecule has 120 valence electrons. The fraction of sp³-hybridized carbons (Fsp3) is 0.467. The summed E-state index contributed by atoms with van der Waals surface area (Å²) >= 11 is 7.35. The molecule has 1 aromatic rings. The van der Waals surface area contributed by atoms with Crippen molar-refractivity contribution in [2.75, 3.05) is 43.5 Å². The number of hydrogen-bond acceptors (Lipinski definition) is 3. The first-order valence-corrected chi connectivity index (χ1v) is 8.95. The average molecular weight is 342 g/mol. The van der Waals surface area contributed by atoms with Crippen LogP contribution in [0.2, 0.25) is 5.02 Å². The fourth-order valence-corrected chi connectivity index (χ4v) is 2.88. The van der Waals surface area contributed by atoms with Crippen LogP contribution in [0.5, 0.6) is 0 Å². The first-order valence-electron chi connectivity index (χ1n) is 7.18. The second-order valence-corrected chi connectivity index (χ2v) is 6.39. The van der Waals surface area contributed by atoms with E-state index in [9.17, 15) is 9.59 Å². The normalized spacial score (nSPS) is 15.4. The molecule has 7 heteroatoms. The molecule has 1 saturated heterocycles. The van der Waals surface area contributed by atoms with E-state index in [0.29, 0.717) is 42.6 Å². The van der Waals surface area contributed by atoms with E-state index < -0.39 is 0 Å². The van der Waals surface area contributed by atoms with Gasteiger partial charge in [-0.3, -0.25) is 4.79 Å². The number of thioether (sulfide) groups is 1. The van der Waals surface area contributed by atoms with Crippen molar-refractivity contribution in [3.8, 4) is 0 Å². The molecule has 1 aliphatic rings. The maximum Gasteiger partial charge on any atom is 0.321 e. The summed E-state index contributed by atoms with van der Waals surface area (Å²) in [5.41, 5.74) is 0.717. The second-order valence-electron chi connectivity index (χ2n) is 5.09. The van der Waals surface area contributed by atoms with Crippen LogP contribution in [0.4, 0.5) is 10.5 Å². The number of anilines is 1. The Balaban J connectivity index is 1.88. The van der Waals surface area contributed by atoms with E-state index in [1.807, 2.05) is 11.2 Å². The number of nitrogens with zero attached hydrogens (tertiary/aromatic N) is 2. The van der Waals surface area contributed by atoms with Crippen molar-refractivity contribution in [1.82, 2.24) is 9.80 Å². The monoisotopic (exact) mass is 341 g/mol. The van der Waals surface area contributed by atoms with Crippen LogP contribution in [-0.4, -0.2) is 59.9 Å². The lowest BCUT2D eigenvalue weighted by atomic mass is 10.3. The SMILES string of the molecule is CSCC(=O)N1CCCN(C(=O)Nc2ccc(Cl)cc2)CC1. The lowest BCUT2D eigenvalue weighted by Crippen LogP contribution is -2.39. The molecule has 1 aliphatic heterocycles. The van der Waals surface area contributed by atoms with Gasteiger partial charge < -0.3 is 15.1 Å². The average Bonchev–Trinajstić information content (AvgIpc) is 2.76. The van der Waals surface area contributed by atoms with E-state index in [2.05, 4.69) is 5.32 Å². The van der Waals surface area contributed by atoms with Crippen molar-refractivity contribution in [3.05, 3.63) is 29.3 Å². The predicted molar refractivity (Wildman–Crippen MR) is 91.6 cm³/mol. The molecule has 0 spiro atoms. The first-order chi connectivity index (χ1) is 10.6. The van der Waals surface area contributed by atoms with Crippen molar-refractivity contribution in [2.24, 2.45) is 0 Å². The van der Waals surface area contributed by atoms with Gasteiger partial charge in [-0.15, -0.1) is 0 Å². The summed E-state index contributed by atoms with van der Waals surface area (Å²) < 4.78 is 0. The molecule has 0 radical (unpaired) electrons. The molecule has 0 aromatic heterocycles. The highest BCUT2D eigenvalue weighted by Crippen LogP contribution is 2.14. The zero-order chi connectivity index (χ0) is 15.9. The van der Waals surface area contributed by atoms with E-state index in [1.54, 1.807) is 29.2 Å². The lowest BCUT2D eigenvalue weighted by Gasteiger charge is -2.22. The molecule has 5 nitrogen and oxygen atoms in total. The molecule has 1 aromatic carbocycles. The van der Waals surface area contributed by atoms with Gasteiger partial charge in [0.15, 0.2) is 0 Å². The number of rotatable bonds is 3. The molecule has 22 heavy (non-hydrogen) atoms. The van der Waals surface area contributed by atoms with Gasteiger partial charge in [-0.2, -0.15) is 11.8 Å². The summed E-state index contributed by atoms with van der Waals surface area (Å²) in [6.45, 7) is 2.51. The minimum absolute atomic E-state index is 0.138. The van der Waals surface area contributed by atoms with E-state index >= 15 is 0 Å². The molecule has 1 N–H and O–H groups in total. The van der Waals surface area contributed by atoms with Gasteiger partial charge in [-0.25, -0.2) is 4.79 Å². The Kier molecular flexibility index (Phi) is 6.39. The van der Waals surface area contributed by atoms with Crippen LogP contribution in [0.3, 0.4) is 0 Å². The zero-order valence-electron chi connectivity index (χ0n) is 12.5. The molecule has 0 bridgehead atoms. The zero-order valence-corrected chi connectivity index (χ0v) is 14.1. The first kappa shape index (κ1) is 17.0. The Morgan fingerprint density at radius 1 is 1.14 bits per heavy atom. The van der Waals surface area contributed by atoms with Gasteiger partial charge in [0, 0.05) is 36.9 Å².